The Morgan fingerprint density at radius 1 is 1.60 bits per heavy atom. The van der Waals surface area contributed by atoms with Gasteiger partial charge in [-0.25, -0.2) is 0 Å². The molecule has 0 aromatic carbocycles. The predicted octanol–water partition coefficient (Wildman–Crippen LogP) is 1.47. The third-order valence-electron chi connectivity index (χ3n) is 2.86. The highest BCUT2D eigenvalue weighted by molar-refractivity contribution is 5.19. The summed E-state index contributed by atoms with van der Waals surface area (Å²) in [5.74, 6) is 0. The molecule has 0 atom stereocenters. The second kappa shape index (κ2) is 1.54. The summed E-state index contributed by atoms with van der Waals surface area (Å²) in [5, 5.41) is 8.74. The van der Waals surface area contributed by atoms with Crippen molar-refractivity contribution in [3.63, 3.8) is 0 Å². The Morgan fingerprint density at radius 3 is 2.60 bits per heavy atom. The Balaban J connectivity index is 2.15. The first-order chi connectivity index (χ1) is 4.74. The van der Waals surface area contributed by atoms with Crippen molar-refractivity contribution >= 4 is 0 Å². The zero-order valence-electron chi connectivity index (χ0n) is 6.18. The van der Waals surface area contributed by atoms with Gasteiger partial charge >= 0.3 is 0 Å². The van der Waals surface area contributed by atoms with Crippen molar-refractivity contribution in [3.05, 3.63) is 0 Å². The summed E-state index contributed by atoms with van der Waals surface area (Å²) in [5.41, 5.74) is 0.0474. The van der Waals surface area contributed by atoms with Gasteiger partial charge < -0.3 is 4.74 Å². The van der Waals surface area contributed by atoms with Crippen molar-refractivity contribution in [2.24, 2.45) is 5.41 Å². The lowest BCUT2D eigenvalue weighted by molar-refractivity contribution is -0.00898. The maximum atomic E-state index is 8.74. The molecule has 0 amide bonds. The van der Waals surface area contributed by atoms with Crippen molar-refractivity contribution in [1.29, 1.82) is 5.26 Å². The van der Waals surface area contributed by atoms with Gasteiger partial charge in [-0.1, -0.05) is 6.92 Å². The summed E-state index contributed by atoms with van der Waals surface area (Å²) in [6.45, 7) is 2.81. The van der Waals surface area contributed by atoms with Gasteiger partial charge in [-0.3, -0.25) is 0 Å². The lowest BCUT2D eigenvalue weighted by Gasteiger charge is -2.39. The lowest BCUT2D eigenvalue weighted by Crippen LogP contribution is -2.42. The number of hydrogen-bond acceptors (Lipinski definition) is 2. The molecule has 3 rings (SSSR count). The molecule has 2 aliphatic heterocycles. The molecule has 1 saturated carbocycles. The van der Waals surface area contributed by atoms with Crippen molar-refractivity contribution in [3.8, 4) is 6.07 Å². The van der Waals surface area contributed by atoms with Gasteiger partial charge in [0.25, 0.3) is 0 Å². The summed E-state index contributed by atoms with van der Waals surface area (Å²) < 4.78 is 5.54. The van der Waals surface area contributed by atoms with Gasteiger partial charge in [-0.05, 0) is 19.3 Å². The van der Waals surface area contributed by atoms with Crippen molar-refractivity contribution < 1.29 is 4.74 Å². The third kappa shape index (κ3) is 0.518. The van der Waals surface area contributed by atoms with E-state index in [2.05, 4.69) is 13.0 Å². The molecular weight excluding hydrogens is 126 g/mol. The van der Waals surface area contributed by atoms with Gasteiger partial charge in [0.1, 0.15) is 0 Å². The van der Waals surface area contributed by atoms with E-state index in [9.17, 15) is 0 Å². The highest BCUT2D eigenvalue weighted by Gasteiger charge is 2.61. The van der Waals surface area contributed by atoms with Crippen molar-refractivity contribution in [2.75, 3.05) is 6.61 Å². The standard InChI is InChI=1S/C8H11NO/c1-2-8-3-7(4-8,5-9)6-10-8/h2-4,6H2,1H3. The van der Waals surface area contributed by atoms with E-state index in [0.717, 1.165) is 19.3 Å². The van der Waals surface area contributed by atoms with Gasteiger partial charge in [0.2, 0.25) is 0 Å². The number of ether oxygens (including phenoxy) is 1. The topological polar surface area (TPSA) is 33.0 Å². The molecule has 0 spiro atoms. The van der Waals surface area contributed by atoms with E-state index in [-0.39, 0.29) is 11.0 Å². The Bertz CT molecular complexity index is 198. The zero-order valence-corrected chi connectivity index (χ0v) is 6.18. The average Bonchev–Trinajstić information content (AvgIpc) is 2.40. The van der Waals surface area contributed by atoms with E-state index in [1.54, 1.807) is 0 Å². The van der Waals surface area contributed by atoms with E-state index in [0.29, 0.717) is 6.61 Å². The molecule has 0 radical (unpaired) electrons. The highest BCUT2D eigenvalue weighted by Crippen LogP contribution is 2.58. The van der Waals surface area contributed by atoms with Crippen LogP contribution in [0.2, 0.25) is 0 Å². The summed E-state index contributed by atoms with van der Waals surface area (Å²) in [6.07, 6.45) is 3.02. The summed E-state index contributed by atoms with van der Waals surface area (Å²) >= 11 is 0. The molecule has 2 nitrogen and oxygen atoms in total. The third-order valence-corrected chi connectivity index (χ3v) is 2.86. The number of hydrogen-bond donors (Lipinski definition) is 0. The maximum absolute atomic E-state index is 8.74. The van der Waals surface area contributed by atoms with Crippen LogP contribution >= 0.6 is 0 Å². The molecule has 0 N–H and O–H groups in total. The molecule has 2 bridgehead atoms. The fourth-order valence-corrected chi connectivity index (χ4v) is 2.14. The molecular formula is C8H11NO. The molecule has 2 heterocycles. The molecule has 0 aromatic heterocycles. The predicted molar refractivity (Wildman–Crippen MR) is 36.3 cm³/mol. The van der Waals surface area contributed by atoms with Crippen LogP contribution in [0.5, 0.6) is 0 Å². The molecule has 2 heteroatoms. The molecule has 10 heavy (non-hydrogen) atoms. The molecule has 54 valence electrons. The van der Waals surface area contributed by atoms with Gasteiger partial charge in [0, 0.05) is 0 Å². The Kier molecular flexibility index (Phi) is 0.952. The van der Waals surface area contributed by atoms with Crippen molar-refractivity contribution in [2.45, 2.75) is 31.8 Å². The van der Waals surface area contributed by atoms with Crippen LogP contribution in [0.1, 0.15) is 26.2 Å². The normalized spacial score (nSPS) is 50.0. The first kappa shape index (κ1) is 6.18. The monoisotopic (exact) mass is 137 g/mol. The fraction of sp³-hybridized carbons (Fsp3) is 0.875. The average molecular weight is 137 g/mol. The SMILES string of the molecule is CCC12CC(C#N)(CO1)C2. The van der Waals surface area contributed by atoms with Crippen LogP contribution in [0.15, 0.2) is 0 Å². The zero-order chi connectivity index (χ0) is 7.24. The van der Waals surface area contributed by atoms with E-state index in [1.807, 2.05) is 0 Å². The first-order valence-corrected chi connectivity index (χ1v) is 3.79. The van der Waals surface area contributed by atoms with E-state index >= 15 is 0 Å². The van der Waals surface area contributed by atoms with Crippen LogP contribution in [-0.2, 0) is 4.74 Å². The highest BCUT2D eigenvalue weighted by atomic mass is 16.5. The minimum absolute atomic E-state index is 0.0734. The van der Waals surface area contributed by atoms with Crippen molar-refractivity contribution in [1.82, 2.24) is 0 Å². The molecule has 1 aliphatic carbocycles. The molecule has 0 aromatic rings. The molecule has 0 unspecified atom stereocenters. The molecule has 3 fully saturated rings. The summed E-state index contributed by atoms with van der Waals surface area (Å²) in [6, 6.07) is 2.34. The largest absolute Gasteiger partial charge is 0.373 e. The Hall–Kier alpha value is -0.550. The molecule has 2 saturated heterocycles. The number of rotatable bonds is 1. The summed E-state index contributed by atoms with van der Waals surface area (Å²) in [4.78, 5) is 0. The van der Waals surface area contributed by atoms with Gasteiger partial charge in [-0.15, -0.1) is 0 Å². The number of fused-ring (bicyclic) bond motifs is 1. The van der Waals surface area contributed by atoms with E-state index in [1.165, 1.54) is 0 Å². The van der Waals surface area contributed by atoms with E-state index in [4.69, 9.17) is 10.00 Å². The maximum Gasteiger partial charge on any atom is 0.0861 e. The van der Waals surface area contributed by atoms with E-state index < -0.39 is 0 Å². The Labute approximate surface area is 60.8 Å². The number of nitriles is 1. The minimum Gasteiger partial charge on any atom is -0.373 e. The quantitative estimate of drug-likeness (QED) is 0.548. The van der Waals surface area contributed by atoms with Gasteiger partial charge in [0.15, 0.2) is 0 Å². The lowest BCUT2D eigenvalue weighted by atomic mass is 9.62. The minimum atomic E-state index is -0.0734. The van der Waals surface area contributed by atoms with Crippen LogP contribution in [0, 0.1) is 16.7 Å². The smallest absolute Gasteiger partial charge is 0.0861 e. The van der Waals surface area contributed by atoms with Crippen LogP contribution in [0.3, 0.4) is 0 Å². The van der Waals surface area contributed by atoms with Crippen LogP contribution in [-0.4, -0.2) is 12.2 Å². The summed E-state index contributed by atoms with van der Waals surface area (Å²) in [7, 11) is 0. The second-order valence-electron chi connectivity index (χ2n) is 3.57. The first-order valence-electron chi connectivity index (χ1n) is 3.79. The van der Waals surface area contributed by atoms with Gasteiger partial charge in [0.05, 0.1) is 23.7 Å². The Morgan fingerprint density at radius 2 is 2.30 bits per heavy atom. The fourth-order valence-electron chi connectivity index (χ4n) is 2.14. The van der Waals surface area contributed by atoms with Crippen LogP contribution < -0.4 is 0 Å². The molecule has 3 aliphatic rings. The van der Waals surface area contributed by atoms with Crippen LogP contribution in [0.4, 0.5) is 0 Å². The second-order valence-corrected chi connectivity index (χ2v) is 3.57. The van der Waals surface area contributed by atoms with Crippen LogP contribution in [0.25, 0.3) is 0 Å². The van der Waals surface area contributed by atoms with Gasteiger partial charge in [-0.2, -0.15) is 5.26 Å². The number of nitrogens with zero attached hydrogens (tertiary/aromatic N) is 1.